The molecular weight excluding hydrogens is 513 g/mol. The molecule has 0 fully saturated rings. The first-order chi connectivity index (χ1) is 17.3. The Balaban J connectivity index is 2.32. The first-order valence-electron chi connectivity index (χ1n) is 12.4. The number of esters is 1. The van der Waals surface area contributed by atoms with Crippen LogP contribution in [-0.2, 0) is 20.7 Å². The highest BCUT2D eigenvalue weighted by atomic mass is 35.5. The van der Waals surface area contributed by atoms with Gasteiger partial charge in [0.1, 0.15) is 17.0 Å². The predicted molar refractivity (Wildman–Crippen MR) is 150 cm³/mol. The van der Waals surface area contributed by atoms with Crippen molar-refractivity contribution in [3.8, 4) is 5.75 Å². The molecule has 2 aromatic rings. The molecule has 0 aliphatic carbocycles. The molecule has 0 aromatic heterocycles. The third-order valence-electron chi connectivity index (χ3n) is 5.35. The van der Waals surface area contributed by atoms with Crippen LogP contribution < -0.4 is 10.1 Å². The summed E-state index contributed by atoms with van der Waals surface area (Å²) in [6, 6.07) is 9.53. The fourth-order valence-corrected chi connectivity index (χ4v) is 4.17. The molecule has 0 unspecified atom stereocenters. The fraction of sp³-hybridized carbons (Fsp3) is 0.448. The molecular formula is C29H37Cl2NO5. The van der Waals surface area contributed by atoms with Crippen molar-refractivity contribution in [3.05, 3.63) is 68.3 Å². The van der Waals surface area contributed by atoms with Crippen molar-refractivity contribution >= 4 is 41.3 Å². The summed E-state index contributed by atoms with van der Waals surface area (Å²) < 4.78 is 16.0. The maximum absolute atomic E-state index is 12.3. The van der Waals surface area contributed by atoms with E-state index in [2.05, 4.69) is 32.2 Å². The van der Waals surface area contributed by atoms with E-state index in [9.17, 15) is 9.59 Å². The van der Waals surface area contributed by atoms with E-state index in [1.54, 1.807) is 32.9 Å². The van der Waals surface area contributed by atoms with Crippen molar-refractivity contribution in [1.29, 1.82) is 0 Å². The van der Waals surface area contributed by atoms with Gasteiger partial charge in [0.25, 0.3) is 0 Å². The topological polar surface area (TPSA) is 73.9 Å². The standard InChI is InChI=1S/C29H37Cl2NO5/c1-8-9-12-36-26-11-10-19(13-21(26)18(2)3)14-22-23(30)15-20(16-24(22)31)17-25(27(33)35-7)32-28(34)37-29(4,5)6/h10-11,13,15-18H,8-9,12,14H2,1-7H3,(H,32,34)/b25-17-. The van der Waals surface area contributed by atoms with Gasteiger partial charge in [-0.1, -0.05) is 62.5 Å². The van der Waals surface area contributed by atoms with Gasteiger partial charge in [-0.15, -0.1) is 0 Å². The van der Waals surface area contributed by atoms with Crippen molar-refractivity contribution in [2.45, 2.75) is 72.3 Å². The largest absolute Gasteiger partial charge is 0.493 e. The van der Waals surface area contributed by atoms with Gasteiger partial charge in [0, 0.05) is 16.5 Å². The number of halogens is 2. The van der Waals surface area contributed by atoms with E-state index in [1.165, 1.54) is 13.2 Å². The van der Waals surface area contributed by atoms with Crippen molar-refractivity contribution in [2.24, 2.45) is 0 Å². The second-order valence-electron chi connectivity index (χ2n) is 10.0. The first-order valence-corrected chi connectivity index (χ1v) is 13.1. The molecule has 202 valence electrons. The average Bonchev–Trinajstić information content (AvgIpc) is 2.80. The van der Waals surface area contributed by atoms with E-state index in [0.717, 1.165) is 35.3 Å². The molecule has 0 aliphatic rings. The lowest BCUT2D eigenvalue weighted by Gasteiger charge is -2.20. The smallest absolute Gasteiger partial charge is 0.412 e. The summed E-state index contributed by atoms with van der Waals surface area (Å²) in [6.45, 7) is 12.3. The molecule has 0 saturated heterocycles. The number of hydrogen-bond donors (Lipinski definition) is 1. The highest BCUT2D eigenvalue weighted by Crippen LogP contribution is 2.33. The summed E-state index contributed by atoms with van der Waals surface area (Å²) in [5.74, 6) is 0.464. The van der Waals surface area contributed by atoms with Crippen LogP contribution in [-0.4, -0.2) is 31.4 Å². The van der Waals surface area contributed by atoms with E-state index in [1.807, 2.05) is 12.1 Å². The molecule has 0 saturated carbocycles. The van der Waals surface area contributed by atoms with Crippen LogP contribution in [0.1, 0.15) is 82.6 Å². The van der Waals surface area contributed by atoms with Gasteiger partial charge in [-0.25, -0.2) is 9.59 Å². The molecule has 1 amide bonds. The van der Waals surface area contributed by atoms with Crippen molar-refractivity contribution in [2.75, 3.05) is 13.7 Å². The van der Waals surface area contributed by atoms with Gasteiger partial charge in [-0.2, -0.15) is 0 Å². The third kappa shape index (κ3) is 9.60. The van der Waals surface area contributed by atoms with Crippen LogP contribution >= 0.6 is 23.2 Å². The summed E-state index contributed by atoms with van der Waals surface area (Å²) in [6.07, 6.45) is 3.28. The number of carbonyl (C=O) groups excluding carboxylic acids is 2. The molecule has 0 atom stereocenters. The quantitative estimate of drug-likeness (QED) is 0.185. The zero-order valence-corrected chi connectivity index (χ0v) is 24.2. The van der Waals surface area contributed by atoms with Crippen molar-refractivity contribution < 1.29 is 23.8 Å². The zero-order chi connectivity index (χ0) is 27.8. The number of unbranched alkanes of at least 4 members (excludes halogenated alkanes) is 1. The van der Waals surface area contributed by atoms with Gasteiger partial charge in [-0.05, 0) is 79.6 Å². The number of alkyl carbamates (subject to hydrolysis) is 1. The van der Waals surface area contributed by atoms with Crippen LogP contribution in [0.25, 0.3) is 6.08 Å². The van der Waals surface area contributed by atoms with Crippen LogP contribution in [0.4, 0.5) is 4.79 Å². The monoisotopic (exact) mass is 549 g/mol. The van der Waals surface area contributed by atoms with Crippen molar-refractivity contribution in [3.63, 3.8) is 0 Å². The van der Waals surface area contributed by atoms with Crippen LogP contribution in [0.3, 0.4) is 0 Å². The van der Waals surface area contributed by atoms with E-state index < -0.39 is 17.7 Å². The molecule has 1 N–H and O–H groups in total. The van der Waals surface area contributed by atoms with Gasteiger partial charge < -0.3 is 14.2 Å². The Morgan fingerprint density at radius 1 is 1.08 bits per heavy atom. The Hall–Kier alpha value is -2.70. The molecule has 8 heteroatoms. The maximum Gasteiger partial charge on any atom is 0.412 e. The van der Waals surface area contributed by atoms with E-state index in [-0.39, 0.29) is 5.70 Å². The minimum Gasteiger partial charge on any atom is -0.493 e. The van der Waals surface area contributed by atoms with Crippen LogP contribution in [0, 0.1) is 0 Å². The lowest BCUT2D eigenvalue weighted by molar-refractivity contribution is -0.136. The van der Waals surface area contributed by atoms with E-state index in [4.69, 9.17) is 37.4 Å². The maximum atomic E-state index is 12.3. The molecule has 37 heavy (non-hydrogen) atoms. The number of hydrogen-bond acceptors (Lipinski definition) is 5. The van der Waals surface area contributed by atoms with E-state index >= 15 is 0 Å². The number of benzene rings is 2. The number of amides is 1. The lowest BCUT2D eigenvalue weighted by Crippen LogP contribution is -2.34. The normalized spacial score (nSPS) is 11.9. The Morgan fingerprint density at radius 2 is 1.73 bits per heavy atom. The van der Waals surface area contributed by atoms with Gasteiger partial charge in [0.05, 0.1) is 13.7 Å². The highest BCUT2D eigenvalue weighted by Gasteiger charge is 2.21. The summed E-state index contributed by atoms with van der Waals surface area (Å²) in [7, 11) is 1.22. The van der Waals surface area contributed by atoms with Crippen LogP contribution in [0.15, 0.2) is 36.0 Å². The molecule has 0 spiro atoms. The second kappa shape index (κ2) is 13.7. The fourth-order valence-electron chi connectivity index (χ4n) is 3.53. The number of rotatable bonds is 10. The van der Waals surface area contributed by atoms with E-state index in [0.29, 0.717) is 34.6 Å². The SMILES string of the molecule is CCCCOc1ccc(Cc2c(Cl)cc(/C=C(\NC(=O)OC(C)(C)C)C(=O)OC)cc2Cl)cc1C(C)C. The highest BCUT2D eigenvalue weighted by molar-refractivity contribution is 6.36. The second-order valence-corrected chi connectivity index (χ2v) is 10.9. The molecule has 0 radical (unpaired) electrons. The predicted octanol–water partition coefficient (Wildman–Crippen LogP) is 7.93. The molecule has 0 aliphatic heterocycles. The molecule has 0 bridgehead atoms. The Kier molecular flexibility index (Phi) is 11.3. The molecule has 2 aromatic carbocycles. The third-order valence-corrected chi connectivity index (χ3v) is 6.02. The number of methoxy groups -OCH3 is 1. The van der Waals surface area contributed by atoms with Gasteiger partial charge in [-0.3, -0.25) is 5.32 Å². The average molecular weight is 551 g/mol. The van der Waals surface area contributed by atoms with Crippen LogP contribution in [0.2, 0.25) is 10.0 Å². The number of ether oxygens (including phenoxy) is 3. The van der Waals surface area contributed by atoms with Gasteiger partial charge >= 0.3 is 12.1 Å². The molecule has 6 nitrogen and oxygen atoms in total. The van der Waals surface area contributed by atoms with Gasteiger partial charge in [0.2, 0.25) is 0 Å². The minimum absolute atomic E-state index is 0.100. The lowest BCUT2D eigenvalue weighted by atomic mass is 9.96. The summed E-state index contributed by atoms with van der Waals surface area (Å²) in [4.78, 5) is 24.5. The minimum atomic E-state index is -0.777. The van der Waals surface area contributed by atoms with Crippen LogP contribution in [0.5, 0.6) is 5.75 Å². The number of nitrogens with one attached hydrogen (secondary N) is 1. The van der Waals surface area contributed by atoms with Gasteiger partial charge in [0.15, 0.2) is 0 Å². The Bertz CT molecular complexity index is 1110. The Morgan fingerprint density at radius 3 is 2.27 bits per heavy atom. The number of carbonyl (C=O) groups is 2. The first kappa shape index (κ1) is 30.5. The zero-order valence-electron chi connectivity index (χ0n) is 22.7. The Labute approximate surface area is 230 Å². The molecule has 0 heterocycles. The summed E-state index contributed by atoms with van der Waals surface area (Å²) in [5.41, 5.74) is 2.65. The summed E-state index contributed by atoms with van der Waals surface area (Å²) >= 11 is 13.3. The summed E-state index contributed by atoms with van der Waals surface area (Å²) in [5, 5.41) is 3.31. The van der Waals surface area contributed by atoms with Crippen molar-refractivity contribution in [1.82, 2.24) is 5.32 Å². The molecule has 2 rings (SSSR count).